The van der Waals surface area contributed by atoms with Crippen molar-refractivity contribution in [2.45, 2.75) is 25.9 Å². The molecular weight excluding hydrogens is 176 g/mol. The maximum absolute atomic E-state index is 5.49. The van der Waals surface area contributed by atoms with Crippen molar-refractivity contribution in [2.24, 2.45) is 5.73 Å². The predicted octanol–water partition coefficient (Wildman–Crippen LogP) is 0.531. The maximum Gasteiger partial charge on any atom is 0.142 e. The number of aromatic nitrogens is 2. The van der Waals surface area contributed by atoms with E-state index in [1.54, 1.807) is 6.20 Å². The Bertz CT molecular complexity index is 294. The summed E-state index contributed by atoms with van der Waals surface area (Å²) in [6, 6.07) is 1.97. The lowest BCUT2D eigenvalue weighted by Crippen LogP contribution is -2.19. The van der Waals surface area contributed by atoms with Gasteiger partial charge < -0.3 is 5.73 Å². The lowest BCUT2D eigenvalue weighted by Gasteiger charge is -2.13. The van der Waals surface area contributed by atoms with Gasteiger partial charge in [0.2, 0.25) is 0 Å². The zero-order chi connectivity index (χ0) is 9.80. The third kappa shape index (κ3) is 2.27. The Morgan fingerprint density at radius 1 is 1.36 bits per heavy atom. The van der Waals surface area contributed by atoms with Gasteiger partial charge in [-0.1, -0.05) is 0 Å². The quantitative estimate of drug-likeness (QED) is 0.759. The zero-order valence-corrected chi connectivity index (χ0v) is 8.32. The minimum absolute atomic E-state index is 0.424. The summed E-state index contributed by atoms with van der Waals surface area (Å²) in [5, 5.41) is 0. The Hall–Kier alpha value is -1.00. The highest BCUT2D eigenvalue weighted by atomic mass is 15.1. The van der Waals surface area contributed by atoms with E-state index in [0.717, 1.165) is 18.1 Å². The molecule has 76 valence electrons. The number of nitrogens with two attached hydrogens (primary N) is 1. The van der Waals surface area contributed by atoms with Crippen LogP contribution in [-0.2, 0) is 13.1 Å². The highest BCUT2D eigenvalue weighted by Gasteiger charge is 2.12. The first kappa shape index (κ1) is 9.55. The molecule has 1 aliphatic rings. The average molecular weight is 192 g/mol. The molecule has 1 aliphatic heterocycles. The van der Waals surface area contributed by atoms with Crippen molar-refractivity contribution in [1.82, 2.24) is 14.9 Å². The summed E-state index contributed by atoms with van der Waals surface area (Å²) in [7, 11) is 0. The van der Waals surface area contributed by atoms with Gasteiger partial charge in [-0.25, -0.2) is 9.97 Å². The summed E-state index contributed by atoms with van der Waals surface area (Å²) < 4.78 is 0. The van der Waals surface area contributed by atoms with Gasteiger partial charge in [-0.2, -0.15) is 0 Å². The van der Waals surface area contributed by atoms with Gasteiger partial charge in [0, 0.05) is 12.7 Å². The molecule has 0 amide bonds. The van der Waals surface area contributed by atoms with E-state index < -0.39 is 0 Å². The molecule has 1 aromatic rings. The molecule has 0 saturated carbocycles. The predicted molar refractivity (Wildman–Crippen MR) is 54.4 cm³/mol. The summed E-state index contributed by atoms with van der Waals surface area (Å²) in [6.45, 7) is 3.76. The summed E-state index contributed by atoms with van der Waals surface area (Å²) >= 11 is 0. The molecule has 0 aliphatic carbocycles. The van der Waals surface area contributed by atoms with Crippen LogP contribution in [0.3, 0.4) is 0 Å². The summed E-state index contributed by atoms with van der Waals surface area (Å²) in [4.78, 5) is 10.9. The molecular formula is C10H16N4. The van der Waals surface area contributed by atoms with E-state index in [0.29, 0.717) is 6.54 Å². The van der Waals surface area contributed by atoms with Crippen LogP contribution < -0.4 is 5.73 Å². The van der Waals surface area contributed by atoms with Crippen LogP contribution in [0, 0.1) is 0 Å². The first-order valence-corrected chi connectivity index (χ1v) is 5.12. The van der Waals surface area contributed by atoms with E-state index in [2.05, 4.69) is 14.9 Å². The minimum atomic E-state index is 0.424. The van der Waals surface area contributed by atoms with Crippen molar-refractivity contribution in [3.8, 4) is 0 Å². The van der Waals surface area contributed by atoms with Crippen LogP contribution in [0.15, 0.2) is 12.3 Å². The van der Waals surface area contributed by atoms with Crippen LogP contribution in [-0.4, -0.2) is 28.0 Å². The molecule has 4 nitrogen and oxygen atoms in total. The number of rotatable bonds is 3. The molecule has 4 heteroatoms. The normalized spacial score (nSPS) is 17.5. The van der Waals surface area contributed by atoms with Gasteiger partial charge in [0.15, 0.2) is 0 Å². The highest BCUT2D eigenvalue weighted by molar-refractivity contribution is 5.02. The number of hydrogen-bond donors (Lipinski definition) is 1. The monoisotopic (exact) mass is 192 g/mol. The second kappa shape index (κ2) is 4.48. The van der Waals surface area contributed by atoms with E-state index >= 15 is 0 Å². The van der Waals surface area contributed by atoms with Crippen LogP contribution >= 0.6 is 0 Å². The van der Waals surface area contributed by atoms with Crippen molar-refractivity contribution in [1.29, 1.82) is 0 Å². The second-order valence-electron chi connectivity index (χ2n) is 3.65. The Balaban J connectivity index is 2.00. The second-order valence-corrected chi connectivity index (χ2v) is 3.65. The van der Waals surface area contributed by atoms with Gasteiger partial charge in [-0.15, -0.1) is 0 Å². The summed E-state index contributed by atoms with van der Waals surface area (Å²) in [5.41, 5.74) is 6.57. The summed E-state index contributed by atoms with van der Waals surface area (Å²) in [5.74, 6) is 0.738. The highest BCUT2D eigenvalue weighted by Crippen LogP contribution is 2.10. The largest absolute Gasteiger partial charge is 0.324 e. The molecule has 1 aromatic heterocycles. The number of nitrogens with zero attached hydrogens (tertiary/aromatic N) is 3. The molecule has 0 radical (unpaired) electrons. The molecule has 0 spiro atoms. The van der Waals surface area contributed by atoms with Gasteiger partial charge in [0.05, 0.1) is 12.2 Å². The standard InChI is InChI=1S/C10H16N4/c11-7-10-12-4-3-9(13-10)8-14-5-1-2-6-14/h3-4H,1-2,5-8,11H2. The Morgan fingerprint density at radius 3 is 2.86 bits per heavy atom. The molecule has 1 fully saturated rings. The molecule has 0 unspecified atom stereocenters. The lowest BCUT2D eigenvalue weighted by molar-refractivity contribution is 0.326. The first-order valence-electron chi connectivity index (χ1n) is 5.12. The van der Waals surface area contributed by atoms with E-state index in [9.17, 15) is 0 Å². The maximum atomic E-state index is 5.49. The molecule has 0 atom stereocenters. The van der Waals surface area contributed by atoms with Gasteiger partial charge in [-0.3, -0.25) is 4.90 Å². The van der Waals surface area contributed by atoms with E-state index in [4.69, 9.17) is 5.73 Å². The van der Waals surface area contributed by atoms with Crippen molar-refractivity contribution < 1.29 is 0 Å². The van der Waals surface area contributed by atoms with Crippen LogP contribution in [0.25, 0.3) is 0 Å². The fraction of sp³-hybridized carbons (Fsp3) is 0.600. The SMILES string of the molecule is NCc1nccc(CN2CCCC2)n1. The molecule has 2 heterocycles. The molecule has 1 saturated heterocycles. The van der Waals surface area contributed by atoms with Crippen molar-refractivity contribution in [3.05, 3.63) is 23.8 Å². The van der Waals surface area contributed by atoms with E-state index in [-0.39, 0.29) is 0 Å². The number of hydrogen-bond acceptors (Lipinski definition) is 4. The van der Waals surface area contributed by atoms with E-state index in [1.165, 1.54) is 25.9 Å². The molecule has 0 aromatic carbocycles. The molecule has 0 bridgehead atoms. The fourth-order valence-electron chi connectivity index (χ4n) is 1.80. The third-order valence-electron chi connectivity index (χ3n) is 2.53. The van der Waals surface area contributed by atoms with E-state index in [1.807, 2.05) is 6.07 Å². The van der Waals surface area contributed by atoms with Gasteiger partial charge in [0.25, 0.3) is 0 Å². The lowest BCUT2D eigenvalue weighted by atomic mass is 10.3. The van der Waals surface area contributed by atoms with Crippen molar-refractivity contribution in [3.63, 3.8) is 0 Å². The van der Waals surface area contributed by atoms with Crippen LogP contribution in [0.5, 0.6) is 0 Å². The van der Waals surface area contributed by atoms with Gasteiger partial charge in [0.1, 0.15) is 5.82 Å². The van der Waals surface area contributed by atoms with Crippen molar-refractivity contribution in [2.75, 3.05) is 13.1 Å². The zero-order valence-electron chi connectivity index (χ0n) is 8.32. The fourth-order valence-corrected chi connectivity index (χ4v) is 1.80. The van der Waals surface area contributed by atoms with Crippen molar-refractivity contribution >= 4 is 0 Å². The minimum Gasteiger partial charge on any atom is -0.324 e. The van der Waals surface area contributed by atoms with Gasteiger partial charge >= 0.3 is 0 Å². The number of likely N-dealkylation sites (tertiary alicyclic amines) is 1. The third-order valence-corrected chi connectivity index (χ3v) is 2.53. The summed E-state index contributed by atoms with van der Waals surface area (Å²) in [6.07, 6.45) is 4.42. The van der Waals surface area contributed by atoms with Crippen LogP contribution in [0.4, 0.5) is 0 Å². The molecule has 14 heavy (non-hydrogen) atoms. The van der Waals surface area contributed by atoms with Crippen LogP contribution in [0.2, 0.25) is 0 Å². The Labute approximate surface area is 84.2 Å². The topological polar surface area (TPSA) is 55.0 Å². The Morgan fingerprint density at radius 2 is 2.14 bits per heavy atom. The molecule has 2 rings (SSSR count). The average Bonchev–Trinajstić information content (AvgIpc) is 2.71. The molecule has 2 N–H and O–H groups in total. The van der Waals surface area contributed by atoms with Crippen LogP contribution in [0.1, 0.15) is 24.4 Å². The first-order chi connectivity index (χ1) is 6.88. The van der Waals surface area contributed by atoms with Gasteiger partial charge in [-0.05, 0) is 32.0 Å². The smallest absolute Gasteiger partial charge is 0.142 e. The Kier molecular flexibility index (Phi) is 3.06.